The number of benzene rings is 2. The van der Waals surface area contributed by atoms with E-state index in [9.17, 15) is 4.79 Å². The van der Waals surface area contributed by atoms with E-state index < -0.39 is 0 Å². The van der Waals surface area contributed by atoms with Crippen LogP contribution < -0.4 is 10.6 Å². The molecule has 0 aliphatic carbocycles. The van der Waals surface area contributed by atoms with Gasteiger partial charge in [-0.1, -0.05) is 17.7 Å². The van der Waals surface area contributed by atoms with Crippen molar-refractivity contribution >= 4 is 17.3 Å². The molecule has 0 spiro atoms. The molecule has 2 heterocycles. The van der Waals surface area contributed by atoms with Crippen molar-refractivity contribution < 1.29 is 4.79 Å². The molecule has 138 valence electrons. The second-order valence-corrected chi connectivity index (χ2v) is 6.76. The molecule has 0 saturated carbocycles. The number of carbonyl (C=O) groups excluding carboxylic acids is 1. The number of nitrogens with zero attached hydrogens (tertiary/aromatic N) is 5. The van der Waals surface area contributed by atoms with E-state index in [1.54, 1.807) is 12.7 Å². The van der Waals surface area contributed by atoms with E-state index >= 15 is 0 Å². The summed E-state index contributed by atoms with van der Waals surface area (Å²) in [6.45, 7) is 4.88. The summed E-state index contributed by atoms with van der Waals surface area (Å²) >= 11 is 0. The lowest BCUT2D eigenvalue weighted by molar-refractivity contribution is 0.0747. The number of rotatable bonds is 3. The van der Waals surface area contributed by atoms with Gasteiger partial charge in [-0.2, -0.15) is 0 Å². The van der Waals surface area contributed by atoms with E-state index in [1.165, 1.54) is 0 Å². The zero-order valence-corrected chi connectivity index (χ0v) is 15.2. The van der Waals surface area contributed by atoms with Gasteiger partial charge in [0, 0.05) is 31.7 Å². The first-order valence-corrected chi connectivity index (χ1v) is 8.97. The smallest absolute Gasteiger partial charge is 0.253 e. The topological polar surface area (TPSA) is 80.3 Å². The van der Waals surface area contributed by atoms with Crippen LogP contribution >= 0.6 is 0 Å². The Kier molecular flexibility index (Phi) is 4.50. The summed E-state index contributed by atoms with van der Waals surface area (Å²) in [6.07, 6.45) is 3.29. The van der Waals surface area contributed by atoms with E-state index in [-0.39, 0.29) is 5.91 Å². The molecule has 0 atom stereocenters. The number of nitrogen functional groups attached to an aromatic ring is 1. The van der Waals surface area contributed by atoms with E-state index in [2.05, 4.69) is 15.1 Å². The van der Waals surface area contributed by atoms with Crippen LogP contribution in [-0.4, -0.2) is 51.8 Å². The maximum absolute atomic E-state index is 12.7. The van der Waals surface area contributed by atoms with Gasteiger partial charge in [-0.15, -0.1) is 10.2 Å². The summed E-state index contributed by atoms with van der Waals surface area (Å²) in [5.41, 5.74) is 10.8. The highest BCUT2D eigenvalue weighted by Gasteiger charge is 2.23. The summed E-state index contributed by atoms with van der Waals surface area (Å²) in [4.78, 5) is 16.8. The van der Waals surface area contributed by atoms with Crippen LogP contribution in [0.3, 0.4) is 0 Å². The normalized spacial score (nSPS) is 14.4. The summed E-state index contributed by atoms with van der Waals surface area (Å²) in [5, 5.41) is 7.64. The van der Waals surface area contributed by atoms with Crippen molar-refractivity contribution in [3.05, 3.63) is 66.2 Å². The fourth-order valence-corrected chi connectivity index (χ4v) is 3.44. The zero-order valence-electron chi connectivity index (χ0n) is 15.2. The first-order valence-electron chi connectivity index (χ1n) is 8.97. The lowest BCUT2D eigenvalue weighted by Gasteiger charge is -2.36. The molecule has 1 saturated heterocycles. The van der Waals surface area contributed by atoms with Crippen molar-refractivity contribution in [3.8, 4) is 5.69 Å². The van der Waals surface area contributed by atoms with Gasteiger partial charge in [0.15, 0.2) is 0 Å². The monoisotopic (exact) mass is 362 g/mol. The van der Waals surface area contributed by atoms with E-state index in [1.807, 2.05) is 58.9 Å². The number of hydrogen-bond donors (Lipinski definition) is 1. The summed E-state index contributed by atoms with van der Waals surface area (Å²) in [6, 6.07) is 13.7. The molecule has 2 N–H and O–H groups in total. The highest BCUT2D eigenvalue weighted by Crippen LogP contribution is 2.27. The Bertz CT molecular complexity index is 945. The molecule has 0 radical (unpaired) electrons. The molecule has 27 heavy (non-hydrogen) atoms. The molecule has 7 heteroatoms. The Morgan fingerprint density at radius 1 is 1.00 bits per heavy atom. The minimum Gasteiger partial charge on any atom is -0.397 e. The molecule has 0 bridgehead atoms. The van der Waals surface area contributed by atoms with Crippen molar-refractivity contribution in [2.45, 2.75) is 6.92 Å². The Hall–Kier alpha value is -3.35. The molecule has 1 aromatic heterocycles. The number of hydrogen-bond acceptors (Lipinski definition) is 5. The van der Waals surface area contributed by atoms with Crippen LogP contribution in [0.4, 0.5) is 11.4 Å². The lowest BCUT2D eigenvalue weighted by atomic mass is 10.1. The maximum Gasteiger partial charge on any atom is 0.253 e. The first-order chi connectivity index (χ1) is 13.1. The molecule has 4 rings (SSSR count). The van der Waals surface area contributed by atoms with Crippen LogP contribution in [-0.2, 0) is 0 Å². The SMILES string of the molecule is Cc1cccc(C(=O)N2CCN(c3ccc(-n4cnnc4)cc3N)CC2)c1. The van der Waals surface area contributed by atoms with E-state index in [4.69, 9.17) is 5.73 Å². The van der Waals surface area contributed by atoms with Crippen molar-refractivity contribution in [3.63, 3.8) is 0 Å². The van der Waals surface area contributed by atoms with Gasteiger partial charge in [0.1, 0.15) is 12.7 Å². The van der Waals surface area contributed by atoms with Crippen molar-refractivity contribution in [1.82, 2.24) is 19.7 Å². The predicted octanol–water partition coefficient (Wildman–Crippen LogP) is 2.12. The predicted molar refractivity (Wildman–Crippen MR) is 105 cm³/mol. The number of carbonyl (C=O) groups is 1. The highest BCUT2D eigenvalue weighted by atomic mass is 16.2. The molecule has 1 fully saturated rings. The number of piperazine rings is 1. The average Bonchev–Trinajstić information content (AvgIpc) is 3.22. The number of nitrogens with two attached hydrogens (primary N) is 1. The number of aryl methyl sites for hydroxylation is 1. The van der Waals surface area contributed by atoms with Gasteiger partial charge >= 0.3 is 0 Å². The fourth-order valence-electron chi connectivity index (χ4n) is 3.44. The van der Waals surface area contributed by atoms with Gasteiger partial charge in [0.05, 0.1) is 17.1 Å². The van der Waals surface area contributed by atoms with E-state index in [0.717, 1.165) is 35.6 Å². The zero-order chi connectivity index (χ0) is 18.8. The minimum absolute atomic E-state index is 0.0919. The third-order valence-electron chi connectivity index (χ3n) is 4.90. The van der Waals surface area contributed by atoms with Gasteiger partial charge in [-0.25, -0.2) is 0 Å². The van der Waals surface area contributed by atoms with Gasteiger partial charge in [-0.05, 0) is 37.3 Å². The van der Waals surface area contributed by atoms with Crippen LogP contribution in [0.1, 0.15) is 15.9 Å². The molecule has 1 aliphatic rings. The van der Waals surface area contributed by atoms with Crippen LogP contribution in [0.25, 0.3) is 5.69 Å². The molecule has 2 aromatic carbocycles. The lowest BCUT2D eigenvalue weighted by Crippen LogP contribution is -2.49. The fraction of sp³-hybridized carbons (Fsp3) is 0.250. The summed E-state index contributed by atoms with van der Waals surface area (Å²) < 4.78 is 1.82. The highest BCUT2D eigenvalue weighted by molar-refractivity contribution is 5.94. The van der Waals surface area contributed by atoms with Gasteiger partial charge in [0.2, 0.25) is 0 Å². The van der Waals surface area contributed by atoms with Crippen LogP contribution in [0.15, 0.2) is 55.1 Å². The van der Waals surface area contributed by atoms with Crippen LogP contribution in [0.2, 0.25) is 0 Å². The number of anilines is 2. The third-order valence-corrected chi connectivity index (χ3v) is 4.90. The summed E-state index contributed by atoms with van der Waals surface area (Å²) in [7, 11) is 0. The Balaban J connectivity index is 1.44. The molecular formula is C20H22N6O. The molecule has 1 amide bonds. The molecule has 3 aromatic rings. The third kappa shape index (κ3) is 3.48. The molecule has 0 unspecified atom stereocenters. The van der Waals surface area contributed by atoms with Crippen molar-refractivity contribution in [2.24, 2.45) is 0 Å². The van der Waals surface area contributed by atoms with Gasteiger partial charge in [0.25, 0.3) is 5.91 Å². The largest absolute Gasteiger partial charge is 0.397 e. The summed E-state index contributed by atoms with van der Waals surface area (Å²) in [5.74, 6) is 0.0919. The minimum atomic E-state index is 0.0919. The second kappa shape index (κ2) is 7.11. The number of aromatic nitrogens is 3. The molecule has 7 nitrogen and oxygen atoms in total. The van der Waals surface area contributed by atoms with Crippen LogP contribution in [0.5, 0.6) is 0 Å². The average molecular weight is 362 g/mol. The Labute approximate surface area is 158 Å². The van der Waals surface area contributed by atoms with Gasteiger partial charge < -0.3 is 15.5 Å². The Morgan fingerprint density at radius 3 is 2.41 bits per heavy atom. The Morgan fingerprint density at radius 2 is 1.74 bits per heavy atom. The number of amides is 1. The molecular weight excluding hydrogens is 340 g/mol. The standard InChI is InChI=1S/C20H22N6O/c1-15-3-2-4-16(11-15)20(27)25-9-7-24(8-10-25)19-6-5-17(12-18(19)21)26-13-22-23-14-26/h2-6,11-14H,7-10,21H2,1H3. The van der Waals surface area contributed by atoms with Crippen LogP contribution in [0, 0.1) is 6.92 Å². The van der Waals surface area contributed by atoms with E-state index in [0.29, 0.717) is 18.8 Å². The molecule has 1 aliphatic heterocycles. The van der Waals surface area contributed by atoms with Gasteiger partial charge in [-0.3, -0.25) is 9.36 Å². The maximum atomic E-state index is 12.7. The quantitative estimate of drug-likeness (QED) is 0.722. The van der Waals surface area contributed by atoms with Crippen molar-refractivity contribution in [2.75, 3.05) is 36.8 Å². The van der Waals surface area contributed by atoms with Crippen molar-refractivity contribution in [1.29, 1.82) is 0 Å². The second-order valence-electron chi connectivity index (χ2n) is 6.76. The first kappa shape index (κ1) is 17.1.